The highest BCUT2D eigenvalue weighted by Crippen LogP contribution is 2.55. The van der Waals surface area contributed by atoms with Crippen molar-refractivity contribution in [2.75, 3.05) is 39.4 Å². The van der Waals surface area contributed by atoms with Crippen LogP contribution in [-0.4, -0.2) is 70.4 Å². The molecule has 41 heavy (non-hydrogen) atoms. The second kappa shape index (κ2) is 12.6. The molecule has 2 aliphatic carbocycles. The maximum atomic E-state index is 13.8. The van der Waals surface area contributed by atoms with Gasteiger partial charge >= 0.3 is 0 Å². The van der Waals surface area contributed by atoms with E-state index in [0.29, 0.717) is 18.6 Å². The lowest BCUT2D eigenvalue weighted by atomic mass is 9.73. The molecule has 2 N–H and O–H groups in total. The van der Waals surface area contributed by atoms with Gasteiger partial charge in [-0.25, -0.2) is 21.6 Å². The number of nitrogens with one attached hydrogen (secondary N) is 1. The Morgan fingerprint density at radius 1 is 1.10 bits per heavy atom. The van der Waals surface area contributed by atoms with E-state index >= 15 is 0 Å². The van der Waals surface area contributed by atoms with Gasteiger partial charge in [0.1, 0.15) is 6.10 Å². The van der Waals surface area contributed by atoms with Gasteiger partial charge in [0.05, 0.1) is 40.6 Å². The van der Waals surface area contributed by atoms with Gasteiger partial charge in [-0.05, 0) is 55.2 Å². The number of anilines is 1. The topological polar surface area (TPSA) is 111 Å². The molecule has 8 nitrogen and oxygen atoms in total. The third kappa shape index (κ3) is 6.42. The van der Waals surface area contributed by atoms with Crippen LogP contribution < -0.4 is 5.32 Å². The molecule has 2 bridgehead atoms. The van der Waals surface area contributed by atoms with Crippen molar-refractivity contribution in [3.05, 3.63) is 58.4 Å². The number of sulfone groups is 1. The number of methoxy groups -OCH3 is 2. The summed E-state index contributed by atoms with van der Waals surface area (Å²) < 4.78 is 84.4. The molecule has 0 aliphatic heterocycles. The average Bonchev–Trinajstić information content (AvgIpc) is 3.03. The van der Waals surface area contributed by atoms with Crippen molar-refractivity contribution in [2.24, 2.45) is 17.8 Å². The van der Waals surface area contributed by atoms with Gasteiger partial charge in [0.2, 0.25) is 0 Å². The maximum Gasteiger partial charge on any atom is 0.255 e. The molecule has 4 rings (SSSR count). The van der Waals surface area contributed by atoms with E-state index in [0.717, 1.165) is 6.07 Å². The summed E-state index contributed by atoms with van der Waals surface area (Å²) in [6.07, 6.45) is 0.570. The maximum absolute atomic E-state index is 13.8. The van der Waals surface area contributed by atoms with Gasteiger partial charge in [-0.2, -0.15) is 0 Å². The Morgan fingerprint density at radius 2 is 1.73 bits per heavy atom. The van der Waals surface area contributed by atoms with Gasteiger partial charge in [-0.15, -0.1) is 0 Å². The molecule has 1 amide bonds. The van der Waals surface area contributed by atoms with Crippen LogP contribution in [0.4, 0.5) is 18.9 Å². The number of amides is 1. The minimum atomic E-state index is -4.06. The zero-order valence-electron chi connectivity index (χ0n) is 22.8. The van der Waals surface area contributed by atoms with E-state index in [1.54, 1.807) is 0 Å². The number of hydrogen-bond acceptors (Lipinski definition) is 7. The molecule has 2 aromatic carbocycles. The SMILES string of the molecule is COCC(COC)OC[C@@]1(O)C2C[C@@H](S(=O)(=O)c3cc(C(=O)Nc4cc(F)c(F)c(F)c4)ccc3Cl)CC1[C@@H](C)C2. The molecule has 0 aromatic heterocycles. The number of ether oxygens (including phenoxy) is 3. The van der Waals surface area contributed by atoms with E-state index in [-0.39, 0.29) is 77.7 Å². The Kier molecular flexibility index (Phi) is 9.72. The Bertz CT molecular complexity index is 1370. The van der Waals surface area contributed by atoms with Crippen LogP contribution in [0.25, 0.3) is 0 Å². The minimum absolute atomic E-state index is 0.0117. The zero-order valence-corrected chi connectivity index (χ0v) is 24.4. The number of hydrogen-bond donors (Lipinski definition) is 2. The molecular weight excluding hydrogens is 587 g/mol. The lowest BCUT2D eigenvalue weighted by Gasteiger charge is -2.43. The largest absolute Gasteiger partial charge is 0.387 e. The second-order valence-electron chi connectivity index (χ2n) is 10.8. The Hall–Kier alpha value is -2.22. The van der Waals surface area contributed by atoms with Gasteiger partial charge in [-0.3, -0.25) is 4.79 Å². The number of aliphatic hydroxyl groups is 1. The van der Waals surface area contributed by atoms with E-state index in [2.05, 4.69) is 5.32 Å². The number of carbonyl (C=O) groups is 1. The summed E-state index contributed by atoms with van der Waals surface area (Å²) in [5, 5.41) is 13.0. The third-order valence-corrected chi connectivity index (χ3v) is 10.8. The number of halogens is 4. The van der Waals surface area contributed by atoms with Crippen LogP contribution >= 0.6 is 11.6 Å². The smallest absolute Gasteiger partial charge is 0.255 e. The standard InChI is InChI=1S/C28H33ClF3NO7S/c1-15-6-17-8-20(11-21(15)28(17,35)14-40-19(12-38-2)13-39-3)41(36,37)25-7-16(4-5-22(25)29)27(34)33-18-9-23(30)26(32)24(31)10-18/h4-5,7,9-10,15,17,19-21,35H,6,8,11-14H2,1-3H3,(H,33,34)/t15-,17?,20+,21?,28+/m0/s1. The molecule has 2 saturated carbocycles. The van der Waals surface area contributed by atoms with Gasteiger partial charge in [0.25, 0.3) is 5.91 Å². The van der Waals surface area contributed by atoms with E-state index in [4.69, 9.17) is 25.8 Å². The Labute approximate surface area is 242 Å². The lowest BCUT2D eigenvalue weighted by Crippen LogP contribution is -2.52. The van der Waals surface area contributed by atoms with Gasteiger partial charge in [-0.1, -0.05) is 18.5 Å². The predicted octanol–water partition coefficient (Wildman–Crippen LogP) is 4.63. The van der Waals surface area contributed by atoms with Gasteiger partial charge in [0, 0.05) is 37.6 Å². The fourth-order valence-electron chi connectivity index (χ4n) is 6.16. The highest BCUT2D eigenvalue weighted by Gasteiger charge is 2.58. The molecule has 0 radical (unpaired) electrons. The number of benzene rings is 2. The summed E-state index contributed by atoms with van der Waals surface area (Å²) in [6.45, 7) is 2.54. The van der Waals surface area contributed by atoms with E-state index in [1.807, 2.05) is 6.92 Å². The average molecular weight is 620 g/mol. The van der Waals surface area contributed by atoms with Crippen molar-refractivity contribution >= 4 is 33.0 Å². The summed E-state index contributed by atoms with van der Waals surface area (Å²) >= 11 is 6.30. The normalized spacial score (nSPS) is 26.0. The summed E-state index contributed by atoms with van der Waals surface area (Å²) in [7, 11) is -0.989. The molecule has 2 aromatic rings. The monoisotopic (exact) mass is 619 g/mol. The van der Waals surface area contributed by atoms with Crippen molar-refractivity contribution in [2.45, 2.75) is 48.0 Å². The number of rotatable bonds is 11. The van der Waals surface area contributed by atoms with Crippen molar-refractivity contribution in [1.29, 1.82) is 0 Å². The first kappa shape index (κ1) is 31.7. The molecule has 0 spiro atoms. The van der Waals surface area contributed by atoms with Crippen LogP contribution in [0.1, 0.15) is 36.5 Å². The fourth-order valence-corrected chi connectivity index (χ4v) is 8.54. The van der Waals surface area contributed by atoms with E-state index < -0.39 is 44.0 Å². The van der Waals surface area contributed by atoms with Crippen LogP contribution in [0.5, 0.6) is 0 Å². The number of carbonyl (C=O) groups excluding carboxylic acids is 1. The molecule has 226 valence electrons. The highest BCUT2D eigenvalue weighted by atomic mass is 35.5. The van der Waals surface area contributed by atoms with Gasteiger partial charge in [0.15, 0.2) is 27.3 Å². The summed E-state index contributed by atoms with van der Waals surface area (Å²) in [5.74, 6) is -6.19. The highest BCUT2D eigenvalue weighted by molar-refractivity contribution is 7.92. The zero-order chi connectivity index (χ0) is 30.1. The molecule has 13 heteroatoms. The lowest BCUT2D eigenvalue weighted by molar-refractivity contribution is -0.148. The molecule has 2 fully saturated rings. The summed E-state index contributed by atoms with van der Waals surface area (Å²) in [4.78, 5) is 12.5. The van der Waals surface area contributed by atoms with E-state index in [9.17, 15) is 31.5 Å². The van der Waals surface area contributed by atoms with Gasteiger partial charge < -0.3 is 24.6 Å². The van der Waals surface area contributed by atoms with Crippen LogP contribution in [0.15, 0.2) is 35.2 Å². The van der Waals surface area contributed by atoms with Crippen molar-refractivity contribution in [1.82, 2.24) is 0 Å². The van der Waals surface area contributed by atoms with Crippen molar-refractivity contribution in [3.63, 3.8) is 0 Å². The molecule has 5 atom stereocenters. The first-order valence-electron chi connectivity index (χ1n) is 13.1. The predicted molar refractivity (Wildman–Crippen MR) is 145 cm³/mol. The second-order valence-corrected chi connectivity index (χ2v) is 13.4. The first-order chi connectivity index (χ1) is 19.3. The Morgan fingerprint density at radius 3 is 2.32 bits per heavy atom. The van der Waals surface area contributed by atoms with Crippen LogP contribution in [0.2, 0.25) is 5.02 Å². The van der Waals surface area contributed by atoms with E-state index in [1.165, 1.54) is 26.4 Å². The van der Waals surface area contributed by atoms with Crippen LogP contribution in [-0.2, 0) is 24.0 Å². The summed E-state index contributed by atoms with van der Waals surface area (Å²) in [5.41, 5.74) is -1.70. The van der Waals surface area contributed by atoms with Crippen LogP contribution in [0, 0.1) is 35.2 Å². The number of fused-ring (bicyclic) bond motifs is 2. The first-order valence-corrected chi connectivity index (χ1v) is 15.0. The fraction of sp³-hybridized carbons (Fsp3) is 0.536. The van der Waals surface area contributed by atoms with Crippen molar-refractivity contribution in [3.8, 4) is 0 Å². The molecule has 0 saturated heterocycles. The molecular formula is C28H33ClF3NO7S. The summed E-state index contributed by atoms with van der Waals surface area (Å²) in [6, 6.07) is 4.86. The molecule has 0 heterocycles. The molecule has 2 unspecified atom stereocenters. The minimum Gasteiger partial charge on any atom is -0.387 e. The van der Waals surface area contributed by atoms with Crippen molar-refractivity contribution < 1.29 is 45.7 Å². The van der Waals surface area contributed by atoms with Crippen LogP contribution in [0.3, 0.4) is 0 Å². The molecule has 2 aliphatic rings. The quantitative estimate of drug-likeness (QED) is 0.353. The third-order valence-electron chi connectivity index (χ3n) is 8.19. The Balaban J connectivity index is 1.54.